The van der Waals surface area contributed by atoms with Crippen LogP contribution in [0.2, 0.25) is 0 Å². The summed E-state index contributed by atoms with van der Waals surface area (Å²) in [7, 11) is 3.52. The van der Waals surface area contributed by atoms with Crippen molar-refractivity contribution < 1.29 is 19.1 Å². The number of fused-ring (bicyclic) bond motifs is 1. The molecule has 0 atom stereocenters. The fourth-order valence-corrected chi connectivity index (χ4v) is 6.70. The second kappa shape index (κ2) is 13.0. The number of likely N-dealkylation sites (tertiary alicyclic amines) is 1. The van der Waals surface area contributed by atoms with Crippen molar-refractivity contribution in [3.63, 3.8) is 0 Å². The molecule has 0 radical (unpaired) electrons. The maximum Gasteiger partial charge on any atom is 0.257 e. The Labute approximate surface area is 239 Å². The predicted octanol–water partition coefficient (Wildman–Crippen LogP) is 5.56. The topological polar surface area (TPSA) is 62.3 Å². The minimum atomic E-state index is -0.424. The molecule has 5 rings (SSSR count). The number of benzene rings is 2. The van der Waals surface area contributed by atoms with Gasteiger partial charge in [-0.15, -0.1) is 0 Å². The van der Waals surface area contributed by atoms with Gasteiger partial charge < -0.3 is 24.2 Å². The van der Waals surface area contributed by atoms with Crippen LogP contribution in [0.15, 0.2) is 42.5 Å². The van der Waals surface area contributed by atoms with Gasteiger partial charge in [-0.1, -0.05) is 31.0 Å². The molecule has 1 spiro atoms. The molecule has 2 fully saturated rings. The number of para-hydroxylation sites is 1. The largest absolute Gasteiger partial charge is 0.496 e. The summed E-state index contributed by atoms with van der Waals surface area (Å²) in [6.45, 7) is 4.25. The lowest BCUT2D eigenvalue weighted by molar-refractivity contribution is -0.144. The quantitative estimate of drug-likeness (QED) is 0.503. The molecule has 0 aliphatic carbocycles. The highest BCUT2D eigenvalue weighted by Crippen LogP contribution is 2.40. The number of amides is 2. The highest BCUT2D eigenvalue weighted by molar-refractivity contribution is 5.98. The van der Waals surface area contributed by atoms with Crippen LogP contribution in [0.25, 0.3) is 0 Å². The number of ether oxygens (including phenoxy) is 2. The van der Waals surface area contributed by atoms with Gasteiger partial charge in [0.2, 0.25) is 5.91 Å². The maximum atomic E-state index is 13.9. The molecule has 0 unspecified atom stereocenters. The monoisotopic (exact) mass is 547 g/mol. The molecule has 0 saturated carbocycles. The highest BCUT2D eigenvalue weighted by Gasteiger charge is 2.43. The molecule has 2 amide bonds. The van der Waals surface area contributed by atoms with Gasteiger partial charge in [0.15, 0.2) is 0 Å². The second-order valence-corrected chi connectivity index (χ2v) is 11.7. The Morgan fingerprint density at radius 2 is 1.62 bits per heavy atom. The Bertz CT molecular complexity index is 1170. The summed E-state index contributed by atoms with van der Waals surface area (Å²) in [6, 6.07) is 14.3. The van der Waals surface area contributed by atoms with Crippen LogP contribution in [-0.2, 0) is 11.2 Å². The Hall–Kier alpha value is -3.22. The van der Waals surface area contributed by atoms with Crippen LogP contribution < -0.4 is 14.4 Å². The Morgan fingerprint density at radius 3 is 2.40 bits per heavy atom. The lowest BCUT2D eigenvalue weighted by Gasteiger charge is -2.43. The van der Waals surface area contributed by atoms with E-state index in [9.17, 15) is 9.59 Å². The van der Waals surface area contributed by atoms with Gasteiger partial charge in [0, 0.05) is 38.9 Å². The van der Waals surface area contributed by atoms with Crippen LogP contribution >= 0.6 is 0 Å². The van der Waals surface area contributed by atoms with Gasteiger partial charge >= 0.3 is 0 Å². The van der Waals surface area contributed by atoms with E-state index in [1.165, 1.54) is 24.8 Å². The standard InChI is InChI=1S/C33H45N3O4/c1-34-23-24-40-29-13-7-6-12-26(29)11-5-3-8-16-33(32(34)38)17-21-36(22-18-33)31(37)28-25-27(14-15-30(28)39-2)35-19-9-4-10-20-35/h6-7,12-15,25H,3-5,8-11,16-24H2,1-2H3. The van der Waals surface area contributed by atoms with Crippen molar-refractivity contribution >= 4 is 17.5 Å². The fraction of sp³-hybridized carbons (Fsp3) is 0.576. The lowest BCUT2D eigenvalue weighted by atomic mass is 9.73. The SMILES string of the molecule is COc1ccc(N2CCCCC2)cc1C(=O)N1CCC2(CCCCCc3ccccc3OCCN(C)C2=O)CC1. The first-order chi connectivity index (χ1) is 19.5. The number of methoxy groups -OCH3 is 1. The third-order valence-electron chi connectivity index (χ3n) is 9.20. The summed E-state index contributed by atoms with van der Waals surface area (Å²) in [4.78, 5) is 33.8. The van der Waals surface area contributed by atoms with Crippen LogP contribution in [0.5, 0.6) is 11.5 Å². The predicted molar refractivity (Wildman–Crippen MR) is 158 cm³/mol. The van der Waals surface area contributed by atoms with Crippen molar-refractivity contribution in [2.75, 3.05) is 58.4 Å². The van der Waals surface area contributed by atoms with Crippen molar-refractivity contribution in [3.05, 3.63) is 53.6 Å². The van der Waals surface area contributed by atoms with Crippen molar-refractivity contribution in [2.24, 2.45) is 5.41 Å². The van der Waals surface area contributed by atoms with Gasteiger partial charge in [0.05, 0.1) is 24.6 Å². The molecular weight excluding hydrogens is 502 g/mol. The summed E-state index contributed by atoms with van der Waals surface area (Å²) in [5.41, 5.74) is 2.54. The van der Waals surface area contributed by atoms with Crippen LogP contribution in [0, 0.1) is 5.41 Å². The first-order valence-electron chi connectivity index (χ1n) is 15.2. The number of rotatable bonds is 3. The van der Waals surface area contributed by atoms with Crippen LogP contribution in [0.4, 0.5) is 5.69 Å². The number of likely N-dealkylation sites (N-methyl/N-ethyl adjacent to an activating group) is 1. The van der Waals surface area contributed by atoms with Crippen molar-refractivity contribution in [1.29, 1.82) is 0 Å². The Kier molecular flexibility index (Phi) is 9.18. The van der Waals surface area contributed by atoms with E-state index in [0.29, 0.717) is 50.4 Å². The summed E-state index contributed by atoms with van der Waals surface area (Å²) in [5.74, 6) is 1.75. The molecule has 3 aliphatic heterocycles. The molecule has 0 bridgehead atoms. The average Bonchev–Trinajstić information content (AvgIpc) is 3.01. The molecule has 7 nitrogen and oxygen atoms in total. The number of aryl methyl sites for hydroxylation is 1. The molecule has 0 aromatic heterocycles. The number of hydrogen-bond acceptors (Lipinski definition) is 5. The smallest absolute Gasteiger partial charge is 0.257 e. The van der Waals surface area contributed by atoms with Crippen molar-refractivity contribution in [2.45, 2.75) is 64.2 Å². The zero-order valence-corrected chi connectivity index (χ0v) is 24.3. The maximum absolute atomic E-state index is 13.9. The average molecular weight is 548 g/mol. The molecule has 216 valence electrons. The summed E-state index contributed by atoms with van der Waals surface area (Å²) >= 11 is 0. The van der Waals surface area contributed by atoms with Crippen LogP contribution in [-0.4, -0.2) is 75.1 Å². The van der Waals surface area contributed by atoms with E-state index in [1.54, 1.807) is 7.11 Å². The van der Waals surface area contributed by atoms with E-state index >= 15 is 0 Å². The van der Waals surface area contributed by atoms with Gasteiger partial charge in [0.1, 0.15) is 18.1 Å². The fourth-order valence-electron chi connectivity index (χ4n) is 6.70. The van der Waals surface area contributed by atoms with Crippen molar-refractivity contribution in [1.82, 2.24) is 9.80 Å². The number of carbonyl (C=O) groups is 2. The molecule has 2 aromatic carbocycles. The molecule has 2 saturated heterocycles. The highest BCUT2D eigenvalue weighted by atomic mass is 16.5. The summed E-state index contributed by atoms with van der Waals surface area (Å²) < 4.78 is 11.7. The second-order valence-electron chi connectivity index (χ2n) is 11.7. The zero-order chi connectivity index (χ0) is 28.0. The lowest BCUT2D eigenvalue weighted by Crippen LogP contribution is -2.51. The number of piperidine rings is 2. The minimum Gasteiger partial charge on any atom is -0.496 e. The number of nitrogens with zero attached hydrogens (tertiary/aromatic N) is 3. The van der Waals surface area contributed by atoms with Crippen LogP contribution in [0.1, 0.15) is 73.7 Å². The molecule has 2 aromatic rings. The number of anilines is 1. The van der Waals surface area contributed by atoms with E-state index in [0.717, 1.165) is 56.6 Å². The minimum absolute atomic E-state index is 0.00201. The van der Waals surface area contributed by atoms with Crippen LogP contribution in [0.3, 0.4) is 0 Å². The zero-order valence-electron chi connectivity index (χ0n) is 24.3. The van der Waals surface area contributed by atoms with Gasteiger partial charge in [-0.3, -0.25) is 9.59 Å². The molecular formula is C33H45N3O4. The molecule has 0 N–H and O–H groups in total. The molecule has 7 heteroatoms. The van der Waals surface area contributed by atoms with Gasteiger partial charge in [-0.2, -0.15) is 0 Å². The van der Waals surface area contributed by atoms with E-state index in [2.05, 4.69) is 23.1 Å². The van der Waals surface area contributed by atoms with Gasteiger partial charge in [0.25, 0.3) is 5.91 Å². The van der Waals surface area contributed by atoms with Gasteiger partial charge in [-0.05, 0) is 81.2 Å². The number of carbonyl (C=O) groups excluding carboxylic acids is 2. The third-order valence-corrected chi connectivity index (χ3v) is 9.20. The first-order valence-corrected chi connectivity index (χ1v) is 15.2. The van der Waals surface area contributed by atoms with E-state index in [1.807, 2.05) is 41.1 Å². The van der Waals surface area contributed by atoms with Gasteiger partial charge in [-0.25, -0.2) is 0 Å². The number of hydrogen-bond donors (Lipinski definition) is 0. The Balaban J connectivity index is 1.28. The summed E-state index contributed by atoms with van der Waals surface area (Å²) in [6.07, 6.45) is 10.1. The summed E-state index contributed by atoms with van der Waals surface area (Å²) in [5, 5.41) is 0. The molecule has 3 heterocycles. The Morgan fingerprint density at radius 1 is 0.875 bits per heavy atom. The van der Waals surface area contributed by atoms with E-state index in [-0.39, 0.29) is 11.8 Å². The molecule has 3 aliphatic rings. The normalized spacial score (nSPS) is 20.6. The third kappa shape index (κ3) is 6.24. The van der Waals surface area contributed by atoms with Crippen molar-refractivity contribution in [3.8, 4) is 11.5 Å². The molecule has 40 heavy (non-hydrogen) atoms. The van der Waals surface area contributed by atoms with E-state index in [4.69, 9.17) is 9.47 Å². The first kappa shape index (κ1) is 28.3. The van der Waals surface area contributed by atoms with E-state index < -0.39 is 5.41 Å².